The van der Waals surface area contributed by atoms with Gasteiger partial charge in [0.25, 0.3) is 0 Å². The second kappa shape index (κ2) is 11.3. The molecule has 3 aliphatic heterocycles. The zero-order chi connectivity index (χ0) is 30.5. The van der Waals surface area contributed by atoms with Crippen LogP contribution in [0, 0.1) is 36.3 Å². The summed E-state index contributed by atoms with van der Waals surface area (Å²) in [4.78, 5) is 18.7. The fraction of sp³-hybridized carbons (Fsp3) is 0.400. The highest BCUT2D eigenvalue weighted by atomic mass is 19.1. The lowest BCUT2D eigenvalue weighted by molar-refractivity contribution is 0.138. The van der Waals surface area contributed by atoms with Crippen LogP contribution in [-0.4, -0.2) is 70.3 Å². The van der Waals surface area contributed by atoms with E-state index in [1.54, 1.807) is 24.3 Å². The van der Waals surface area contributed by atoms with E-state index >= 15 is 4.39 Å². The van der Waals surface area contributed by atoms with Crippen molar-refractivity contribution in [3.63, 3.8) is 0 Å². The molecule has 7 rings (SSSR count). The largest absolute Gasteiger partial charge is 0.462 e. The molecule has 9 heteroatoms. The third kappa shape index (κ3) is 4.81. The van der Waals surface area contributed by atoms with Crippen molar-refractivity contribution < 1.29 is 13.5 Å². The van der Waals surface area contributed by atoms with E-state index in [9.17, 15) is 4.39 Å². The monoisotopic (exact) mass is 592 g/mol. The molecule has 0 radical (unpaired) electrons. The van der Waals surface area contributed by atoms with Crippen LogP contribution in [0.4, 0.5) is 14.6 Å². The van der Waals surface area contributed by atoms with Gasteiger partial charge in [0.1, 0.15) is 35.1 Å². The Morgan fingerprint density at radius 2 is 1.80 bits per heavy atom. The lowest BCUT2D eigenvalue weighted by Gasteiger charge is -2.34. The molecular weight excluding hydrogens is 558 g/mol. The van der Waals surface area contributed by atoms with Gasteiger partial charge >= 0.3 is 6.01 Å². The molecule has 0 saturated carbocycles. The Morgan fingerprint density at radius 3 is 2.52 bits per heavy atom. The number of hydrogen-bond donors (Lipinski definition) is 1. The van der Waals surface area contributed by atoms with Crippen LogP contribution in [0.15, 0.2) is 30.3 Å². The van der Waals surface area contributed by atoms with Crippen LogP contribution in [-0.2, 0) is 0 Å². The molecule has 0 unspecified atom stereocenters. The van der Waals surface area contributed by atoms with Gasteiger partial charge in [0.05, 0.1) is 10.9 Å². The maximum Gasteiger partial charge on any atom is 0.319 e. The summed E-state index contributed by atoms with van der Waals surface area (Å²) >= 11 is 0. The molecule has 7 nitrogen and oxygen atoms in total. The van der Waals surface area contributed by atoms with Crippen molar-refractivity contribution in [2.75, 3.05) is 31.1 Å². The molecule has 3 aliphatic rings. The molecule has 2 bridgehead atoms. The van der Waals surface area contributed by atoms with Gasteiger partial charge in [-0.1, -0.05) is 30.2 Å². The van der Waals surface area contributed by atoms with Crippen LogP contribution in [0.1, 0.15) is 50.8 Å². The summed E-state index contributed by atoms with van der Waals surface area (Å²) in [6, 6.07) is 9.48. The van der Waals surface area contributed by atoms with Crippen LogP contribution in [0.25, 0.3) is 32.9 Å². The summed E-state index contributed by atoms with van der Waals surface area (Å²) in [6.45, 7) is 7.17. The summed E-state index contributed by atoms with van der Waals surface area (Å²) in [7, 11) is 0. The molecule has 0 amide bonds. The first-order chi connectivity index (χ1) is 21.4. The second-order valence-electron chi connectivity index (χ2n) is 12.3. The Labute approximate surface area is 256 Å². The SMILES string of the molecule is C#Cc1c(F)ccc2cccc(-c3nc(C#C)c4c(N5C[C@H]6CC[C@@H](C5)N6)nc(OC[C@@H]5CCCN5C(C)C)nc4c3F)c12. The highest BCUT2D eigenvalue weighted by Gasteiger charge is 2.35. The van der Waals surface area contributed by atoms with Crippen LogP contribution in [0.2, 0.25) is 0 Å². The van der Waals surface area contributed by atoms with Crippen molar-refractivity contribution in [1.29, 1.82) is 0 Å². The van der Waals surface area contributed by atoms with Crippen LogP contribution in [0.3, 0.4) is 0 Å². The Kier molecular flexibility index (Phi) is 7.32. The molecule has 5 heterocycles. The maximum atomic E-state index is 16.9. The fourth-order valence-corrected chi connectivity index (χ4v) is 7.26. The van der Waals surface area contributed by atoms with E-state index in [-0.39, 0.29) is 34.5 Å². The van der Waals surface area contributed by atoms with Gasteiger partial charge < -0.3 is 15.0 Å². The van der Waals surface area contributed by atoms with Crippen molar-refractivity contribution in [2.24, 2.45) is 0 Å². The molecule has 224 valence electrons. The Bertz CT molecular complexity index is 1850. The third-order valence-electron chi connectivity index (χ3n) is 9.28. The number of likely N-dealkylation sites (tertiary alicyclic amines) is 1. The number of rotatable bonds is 6. The van der Waals surface area contributed by atoms with Gasteiger partial charge in [-0.15, -0.1) is 12.8 Å². The summed E-state index contributed by atoms with van der Waals surface area (Å²) < 4.78 is 38.0. The van der Waals surface area contributed by atoms with E-state index < -0.39 is 11.6 Å². The molecule has 4 aromatic rings. The normalized spacial score (nSPS) is 21.7. The second-order valence-corrected chi connectivity index (χ2v) is 12.3. The van der Waals surface area contributed by atoms with Gasteiger partial charge in [0.2, 0.25) is 0 Å². The average molecular weight is 593 g/mol. The van der Waals surface area contributed by atoms with E-state index in [2.05, 4.69) is 50.8 Å². The predicted octanol–water partition coefficient (Wildman–Crippen LogP) is 5.28. The number of benzene rings is 2. The standard InChI is InChI=1S/C35H34F2N6O/c1-5-25-27(36)15-12-21-9-7-11-26(29(21)25)32-31(37)33-30(28(6-2)39-32)34(42-17-22-13-14-23(18-42)38-22)41-35(40-33)44-19-24-10-8-16-43(24)20(3)4/h1-2,7,9,11-12,15,20,22-24,38H,8,10,13-14,16-19H2,3-4H3/t22-,23+,24-/m0/s1. The lowest BCUT2D eigenvalue weighted by atomic mass is 9.96. The van der Waals surface area contributed by atoms with Gasteiger partial charge in [0.15, 0.2) is 5.82 Å². The molecule has 1 N–H and O–H groups in total. The number of anilines is 1. The van der Waals surface area contributed by atoms with Crippen LogP contribution in [0.5, 0.6) is 6.01 Å². The van der Waals surface area contributed by atoms with E-state index in [1.165, 1.54) is 6.07 Å². The number of hydrogen-bond acceptors (Lipinski definition) is 7. The van der Waals surface area contributed by atoms with Gasteiger partial charge in [-0.05, 0) is 63.4 Å². The highest BCUT2D eigenvalue weighted by Crippen LogP contribution is 2.39. The predicted molar refractivity (Wildman–Crippen MR) is 169 cm³/mol. The van der Waals surface area contributed by atoms with Crippen LogP contribution < -0.4 is 15.0 Å². The summed E-state index contributed by atoms with van der Waals surface area (Å²) in [5.74, 6) is 4.37. The minimum atomic E-state index is -0.685. The third-order valence-corrected chi connectivity index (χ3v) is 9.28. The van der Waals surface area contributed by atoms with Crippen LogP contribution >= 0.6 is 0 Å². The first kappa shape index (κ1) is 28.5. The summed E-state index contributed by atoms with van der Waals surface area (Å²) in [6.07, 6.45) is 16.0. The lowest BCUT2D eigenvalue weighted by Crippen LogP contribution is -2.51. The maximum absolute atomic E-state index is 16.9. The quantitative estimate of drug-likeness (QED) is 0.306. The minimum absolute atomic E-state index is 0.0247. The zero-order valence-corrected chi connectivity index (χ0v) is 24.9. The van der Waals surface area contributed by atoms with Gasteiger partial charge in [-0.3, -0.25) is 4.90 Å². The Morgan fingerprint density at radius 1 is 1.00 bits per heavy atom. The molecular formula is C35H34F2N6O. The van der Waals surface area contributed by atoms with Crippen molar-refractivity contribution >= 4 is 27.5 Å². The van der Waals surface area contributed by atoms with Gasteiger partial charge in [-0.2, -0.15) is 9.97 Å². The Balaban J connectivity index is 1.41. The number of fused-ring (bicyclic) bond motifs is 4. The molecule has 2 aromatic heterocycles. The number of pyridine rings is 1. The first-order valence-electron chi connectivity index (χ1n) is 15.3. The summed E-state index contributed by atoms with van der Waals surface area (Å²) in [5, 5.41) is 5.06. The van der Waals surface area contributed by atoms with Crippen molar-refractivity contribution in [1.82, 2.24) is 25.2 Å². The number of piperazine rings is 1. The van der Waals surface area contributed by atoms with Crippen molar-refractivity contribution in [2.45, 2.75) is 63.7 Å². The average Bonchev–Trinajstić information content (AvgIpc) is 3.65. The zero-order valence-electron chi connectivity index (χ0n) is 24.9. The molecule has 0 aliphatic carbocycles. The molecule has 0 spiro atoms. The number of halogens is 2. The van der Waals surface area contributed by atoms with E-state index in [1.807, 2.05) is 0 Å². The van der Waals surface area contributed by atoms with Crippen molar-refractivity contribution in [3.8, 4) is 42.0 Å². The smallest absolute Gasteiger partial charge is 0.319 e. The van der Waals surface area contributed by atoms with E-state index in [4.69, 9.17) is 22.6 Å². The molecule has 2 aromatic carbocycles. The van der Waals surface area contributed by atoms with Gasteiger partial charge in [-0.25, -0.2) is 13.8 Å². The van der Waals surface area contributed by atoms with E-state index in [0.717, 1.165) is 32.2 Å². The van der Waals surface area contributed by atoms with Crippen molar-refractivity contribution in [3.05, 3.63) is 53.2 Å². The molecule has 3 saturated heterocycles. The molecule has 3 atom stereocenters. The Hall–Kier alpha value is -4.31. The number of nitrogens with zero attached hydrogens (tertiary/aromatic N) is 5. The topological polar surface area (TPSA) is 66.4 Å². The molecule has 3 fully saturated rings. The molecule has 44 heavy (non-hydrogen) atoms. The minimum Gasteiger partial charge on any atom is -0.462 e. The van der Waals surface area contributed by atoms with Gasteiger partial charge in [0, 0.05) is 48.2 Å². The number of terminal acetylenes is 2. The number of nitrogens with one attached hydrogen (secondary N) is 1. The van der Waals surface area contributed by atoms with E-state index in [0.29, 0.717) is 65.4 Å². The number of aromatic nitrogens is 3. The number of ether oxygens (including phenoxy) is 1. The first-order valence-corrected chi connectivity index (χ1v) is 15.3. The highest BCUT2D eigenvalue weighted by molar-refractivity contribution is 6.03. The summed E-state index contributed by atoms with van der Waals surface area (Å²) in [5.41, 5.74) is 0.567. The fourth-order valence-electron chi connectivity index (χ4n) is 7.26.